The molecular weight excluding hydrogens is 334 g/mol. The molecule has 2 N–H and O–H groups in total. The molecule has 140 valence electrons. The highest BCUT2D eigenvalue weighted by Gasteiger charge is 2.13. The summed E-state index contributed by atoms with van der Waals surface area (Å²) in [4.78, 5) is 12.5. The van der Waals surface area contributed by atoms with Gasteiger partial charge in [0.15, 0.2) is 0 Å². The number of hydrogen-bond acceptors (Lipinski definition) is 3. The minimum absolute atomic E-state index is 0.0374. The van der Waals surface area contributed by atoms with Crippen molar-refractivity contribution < 1.29 is 4.79 Å². The number of unbranched alkanes of at least 4 members (excludes halogenated alkanes) is 1. The Hall–Kier alpha value is -3.06. The van der Waals surface area contributed by atoms with E-state index in [0.717, 1.165) is 35.3 Å². The maximum absolute atomic E-state index is 12.5. The standard InChI is InChI=1S/C23H27N3O/c1-4-6-9-18-11-13-21(14-12-18)25-16-20(15-24)23(27)26-22-17(3)8-7-10-19(22)5-2/h7-8,10-14,16,25H,4-6,9H2,1-3H3,(H,26,27)/b20-16-. The lowest BCUT2D eigenvalue weighted by Gasteiger charge is -2.12. The van der Waals surface area contributed by atoms with Crippen molar-refractivity contribution >= 4 is 17.3 Å². The van der Waals surface area contributed by atoms with Crippen molar-refractivity contribution in [3.05, 3.63) is 70.9 Å². The highest BCUT2D eigenvalue weighted by Crippen LogP contribution is 2.21. The lowest BCUT2D eigenvalue weighted by molar-refractivity contribution is -0.112. The smallest absolute Gasteiger partial charge is 0.267 e. The number of nitrogens with zero attached hydrogens (tertiary/aromatic N) is 1. The van der Waals surface area contributed by atoms with E-state index in [0.29, 0.717) is 0 Å². The lowest BCUT2D eigenvalue weighted by Crippen LogP contribution is -2.16. The zero-order valence-electron chi connectivity index (χ0n) is 16.3. The van der Waals surface area contributed by atoms with E-state index in [1.807, 2.05) is 50.2 Å². The molecule has 2 aromatic carbocycles. The van der Waals surface area contributed by atoms with E-state index < -0.39 is 5.91 Å². The predicted octanol–water partition coefficient (Wildman–Crippen LogP) is 5.36. The van der Waals surface area contributed by atoms with Gasteiger partial charge < -0.3 is 10.6 Å². The average molecular weight is 361 g/mol. The predicted molar refractivity (Wildman–Crippen MR) is 112 cm³/mol. The molecule has 0 radical (unpaired) electrons. The molecule has 0 atom stereocenters. The molecule has 0 saturated heterocycles. The molecule has 2 rings (SSSR count). The molecule has 0 aliphatic heterocycles. The van der Waals surface area contributed by atoms with Gasteiger partial charge in [-0.3, -0.25) is 4.79 Å². The molecule has 0 saturated carbocycles. The molecule has 27 heavy (non-hydrogen) atoms. The topological polar surface area (TPSA) is 64.9 Å². The first-order valence-electron chi connectivity index (χ1n) is 9.44. The molecule has 4 heteroatoms. The van der Waals surface area contributed by atoms with Gasteiger partial charge in [-0.15, -0.1) is 0 Å². The molecule has 0 unspecified atom stereocenters. The Labute approximate surface area is 161 Å². The number of nitrogens with one attached hydrogen (secondary N) is 2. The second kappa shape index (κ2) is 10.2. The van der Waals surface area contributed by atoms with Gasteiger partial charge in [-0.05, 0) is 55.0 Å². The number of anilines is 2. The van der Waals surface area contributed by atoms with Crippen LogP contribution in [-0.4, -0.2) is 5.91 Å². The number of benzene rings is 2. The SMILES string of the molecule is CCCCc1ccc(N/C=C(/C#N)C(=O)Nc2c(C)cccc2CC)cc1. The van der Waals surface area contributed by atoms with Crippen molar-refractivity contribution in [1.29, 1.82) is 5.26 Å². The lowest BCUT2D eigenvalue weighted by atomic mass is 10.1. The zero-order valence-corrected chi connectivity index (χ0v) is 16.3. The van der Waals surface area contributed by atoms with Crippen LogP contribution < -0.4 is 10.6 Å². The number of carbonyl (C=O) groups is 1. The molecule has 0 aliphatic rings. The van der Waals surface area contributed by atoms with Gasteiger partial charge in [0.05, 0.1) is 0 Å². The molecule has 0 bridgehead atoms. The van der Waals surface area contributed by atoms with Crippen LogP contribution in [0.5, 0.6) is 0 Å². The Balaban J connectivity index is 2.08. The molecule has 0 aliphatic carbocycles. The largest absolute Gasteiger partial charge is 0.360 e. The van der Waals surface area contributed by atoms with E-state index >= 15 is 0 Å². The van der Waals surface area contributed by atoms with Crippen LogP contribution >= 0.6 is 0 Å². The minimum atomic E-state index is -0.409. The second-order valence-electron chi connectivity index (χ2n) is 6.53. The quantitative estimate of drug-likeness (QED) is 0.491. The van der Waals surface area contributed by atoms with Crippen molar-refractivity contribution in [3.63, 3.8) is 0 Å². The first-order chi connectivity index (χ1) is 13.1. The maximum Gasteiger partial charge on any atom is 0.267 e. The van der Waals surface area contributed by atoms with Gasteiger partial charge >= 0.3 is 0 Å². The number of aryl methyl sites for hydroxylation is 3. The fourth-order valence-corrected chi connectivity index (χ4v) is 2.84. The van der Waals surface area contributed by atoms with E-state index in [-0.39, 0.29) is 5.57 Å². The van der Waals surface area contributed by atoms with Gasteiger partial charge in [-0.25, -0.2) is 0 Å². The Morgan fingerprint density at radius 1 is 1.15 bits per heavy atom. The monoisotopic (exact) mass is 361 g/mol. The highest BCUT2D eigenvalue weighted by molar-refractivity contribution is 6.07. The molecule has 4 nitrogen and oxygen atoms in total. The normalized spacial score (nSPS) is 11.0. The van der Waals surface area contributed by atoms with Crippen LogP contribution in [0.1, 0.15) is 43.4 Å². The van der Waals surface area contributed by atoms with Crippen LogP contribution in [-0.2, 0) is 17.6 Å². The Kier molecular flexibility index (Phi) is 7.63. The Bertz CT molecular complexity index is 845. The molecular formula is C23H27N3O. The van der Waals surface area contributed by atoms with Crippen LogP contribution in [0.4, 0.5) is 11.4 Å². The van der Waals surface area contributed by atoms with Crippen molar-refractivity contribution in [1.82, 2.24) is 0 Å². The molecule has 1 amide bonds. The van der Waals surface area contributed by atoms with Crippen molar-refractivity contribution in [2.45, 2.75) is 46.5 Å². The van der Waals surface area contributed by atoms with Crippen molar-refractivity contribution in [3.8, 4) is 6.07 Å². The average Bonchev–Trinajstić information content (AvgIpc) is 2.69. The summed E-state index contributed by atoms with van der Waals surface area (Å²) < 4.78 is 0. The number of rotatable bonds is 8. The number of amides is 1. The molecule has 0 spiro atoms. The fourth-order valence-electron chi connectivity index (χ4n) is 2.84. The van der Waals surface area contributed by atoms with E-state index in [1.54, 1.807) is 0 Å². The van der Waals surface area contributed by atoms with Gasteiger partial charge in [0.2, 0.25) is 0 Å². The summed E-state index contributed by atoms with van der Waals surface area (Å²) in [6.07, 6.45) is 5.68. The Morgan fingerprint density at radius 2 is 1.89 bits per heavy atom. The van der Waals surface area contributed by atoms with Gasteiger partial charge in [0, 0.05) is 17.6 Å². The molecule has 0 heterocycles. The summed E-state index contributed by atoms with van der Waals surface area (Å²) in [5, 5.41) is 15.3. The van der Waals surface area contributed by atoms with Crippen LogP contribution in [0.25, 0.3) is 0 Å². The summed E-state index contributed by atoms with van der Waals surface area (Å²) in [5.74, 6) is -0.409. The number of hydrogen-bond donors (Lipinski definition) is 2. The number of nitriles is 1. The highest BCUT2D eigenvalue weighted by atomic mass is 16.1. The van der Waals surface area contributed by atoms with Gasteiger partial charge in [-0.1, -0.05) is 50.6 Å². The van der Waals surface area contributed by atoms with Crippen LogP contribution in [0.3, 0.4) is 0 Å². The summed E-state index contributed by atoms with van der Waals surface area (Å²) in [7, 11) is 0. The minimum Gasteiger partial charge on any atom is -0.360 e. The first kappa shape index (κ1) is 20.3. The molecule has 0 aromatic heterocycles. The maximum atomic E-state index is 12.5. The zero-order chi connectivity index (χ0) is 19.6. The fraction of sp³-hybridized carbons (Fsp3) is 0.304. The summed E-state index contributed by atoms with van der Waals surface area (Å²) in [5.41, 5.74) is 4.99. The second-order valence-corrected chi connectivity index (χ2v) is 6.53. The molecule has 2 aromatic rings. The third-order valence-corrected chi connectivity index (χ3v) is 4.50. The number of carbonyl (C=O) groups excluding carboxylic acids is 1. The third-order valence-electron chi connectivity index (χ3n) is 4.50. The Morgan fingerprint density at radius 3 is 2.52 bits per heavy atom. The van der Waals surface area contributed by atoms with Crippen LogP contribution in [0.2, 0.25) is 0 Å². The molecule has 0 fully saturated rings. The third kappa shape index (κ3) is 5.72. The van der Waals surface area contributed by atoms with E-state index in [9.17, 15) is 10.1 Å². The summed E-state index contributed by atoms with van der Waals surface area (Å²) in [6.45, 7) is 6.16. The van der Waals surface area contributed by atoms with Crippen molar-refractivity contribution in [2.24, 2.45) is 0 Å². The van der Waals surface area contributed by atoms with Crippen LogP contribution in [0.15, 0.2) is 54.2 Å². The van der Waals surface area contributed by atoms with E-state index in [1.165, 1.54) is 24.6 Å². The van der Waals surface area contributed by atoms with Gasteiger partial charge in [0.1, 0.15) is 11.6 Å². The van der Waals surface area contributed by atoms with Gasteiger partial charge in [-0.2, -0.15) is 5.26 Å². The van der Waals surface area contributed by atoms with Gasteiger partial charge in [0.25, 0.3) is 5.91 Å². The van der Waals surface area contributed by atoms with E-state index in [2.05, 4.69) is 29.7 Å². The van der Waals surface area contributed by atoms with Crippen LogP contribution in [0, 0.1) is 18.3 Å². The summed E-state index contributed by atoms with van der Waals surface area (Å²) >= 11 is 0. The number of para-hydroxylation sites is 1. The van der Waals surface area contributed by atoms with Crippen molar-refractivity contribution in [2.75, 3.05) is 10.6 Å². The first-order valence-corrected chi connectivity index (χ1v) is 9.44. The van der Waals surface area contributed by atoms with E-state index in [4.69, 9.17) is 0 Å². The summed E-state index contributed by atoms with van der Waals surface area (Å²) in [6, 6.07) is 15.9.